The van der Waals surface area contributed by atoms with Crippen LogP contribution < -0.4 is 0 Å². The van der Waals surface area contributed by atoms with E-state index in [1.807, 2.05) is 9.58 Å². The molecule has 156 valence electrons. The first-order valence-electron chi connectivity index (χ1n) is 10.6. The van der Waals surface area contributed by atoms with Crippen LogP contribution in [-0.2, 0) is 17.1 Å². The van der Waals surface area contributed by atoms with Crippen LogP contribution in [0, 0.1) is 6.92 Å². The molecule has 0 spiro atoms. The van der Waals surface area contributed by atoms with Gasteiger partial charge in [0.05, 0.1) is 17.5 Å². The van der Waals surface area contributed by atoms with Crippen LogP contribution in [0.5, 0.6) is 0 Å². The third kappa shape index (κ3) is 5.36. The molecule has 1 aliphatic heterocycles. The number of tetrazole rings is 1. The lowest BCUT2D eigenvalue weighted by atomic mass is 10.1. The zero-order valence-corrected chi connectivity index (χ0v) is 18.0. The largest absolute Gasteiger partial charge is 0.339 e. The Morgan fingerprint density at radius 2 is 1.97 bits per heavy atom. The van der Waals surface area contributed by atoms with E-state index in [4.69, 9.17) is 0 Å². The molecule has 1 aliphatic carbocycles. The van der Waals surface area contributed by atoms with Gasteiger partial charge in [0.1, 0.15) is 0 Å². The van der Waals surface area contributed by atoms with Crippen molar-refractivity contribution in [3.05, 3.63) is 41.2 Å². The number of benzene rings is 1. The van der Waals surface area contributed by atoms with Crippen molar-refractivity contribution in [2.75, 3.05) is 31.9 Å². The van der Waals surface area contributed by atoms with Crippen LogP contribution in [0.25, 0.3) is 0 Å². The molecule has 2 aromatic rings. The summed E-state index contributed by atoms with van der Waals surface area (Å²) in [5, 5.41) is 12.2. The monoisotopic (exact) mass is 414 g/mol. The van der Waals surface area contributed by atoms with E-state index in [2.05, 4.69) is 51.6 Å². The number of carbonyl (C=O) groups is 1. The first kappa shape index (κ1) is 20.3. The van der Waals surface area contributed by atoms with Crippen LogP contribution in [0.15, 0.2) is 24.3 Å². The molecule has 0 bridgehead atoms. The van der Waals surface area contributed by atoms with Gasteiger partial charge in [0.15, 0.2) is 5.82 Å². The predicted molar refractivity (Wildman–Crippen MR) is 115 cm³/mol. The quantitative estimate of drug-likeness (QED) is 0.694. The number of hydrogen-bond donors (Lipinski definition) is 0. The first-order valence-corrected chi connectivity index (χ1v) is 11.7. The van der Waals surface area contributed by atoms with Crippen molar-refractivity contribution in [1.29, 1.82) is 0 Å². The van der Waals surface area contributed by atoms with Gasteiger partial charge in [-0.15, -0.1) is 16.9 Å². The Balaban J connectivity index is 1.19. The molecule has 29 heavy (non-hydrogen) atoms. The molecule has 0 atom stereocenters. The summed E-state index contributed by atoms with van der Waals surface area (Å²) in [6.07, 6.45) is 4.83. The predicted octanol–water partition coefficient (Wildman–Crippen LogP) is 2.67. The van der Waals surface area contributed by atoms with E-state index in [1.165, 1.54) is 24.0 Å². The van der Waals surface area contributed by atoms with Crippen LogP contribution >= 0.6 is 11.8 Å². The van der Waals surface area contributed by atoms with Crippen molar-refractivity contribution < 1.29 is 4.79 Å². The third-order valence-electron chi connectivity index (χ3n) is 5.90. The van der Waals surface area contributed by atoms with Gasteiger partial charge in [0.2, 0.25) is 5.91 Å². The maximum absolute atomic E-state index is 12.6. The van der Waals surface area contributed by atoms with E-state index in [1.54, 1.807) is 11.8 Å². The second kappa shape index (κ2) is 9.71. The summed E-state index contributed by atoms with van der Waals surface area (Å²) in [5.74, 6) is 2.32. The Labute approximate surface area is 176 Å². The fraction of sp³-hybridized carbons (Fsp3) is 0.619. The molecule has 1 aromatic heterocycles. The van der Waals surface area contributed by atoms with Gasteiger partial charge in [-0.05, 0) is 35.8 Å². The summed E-state index contributed by atoms with van der Waals surface area (Å²) in [7, 11) is 0. The second-order valence-electron chi connectivity index (χ2n) is 8.12. The highest BCUT2D eigenvalue weighted by molar-refractivity contribution is 7.99. The summed E-state index contributed by atoms with van der Waals surface area (Å²) in [5.41, 5.74) is 2.65. The number of aryl methyl sites for hydroxylation is 1. The van der Waals surface area contributed by atoms with Gasteiger partial charge >= 0.3 is 0 Å². The van der Waals surface area contributed by atoms with Crippen molar-refractivity contribution >= 4 is 17.7 Å². The molecule has 2 heterocycles. The molecule has 8 heteroatoms. The lowest BCUT2D eigenvalue weighted by Gasteiger charge is -2.34. The summed E-state index contributed by atoms with van der Waals surface area (Å²) < 4.78 is 1.98. The molecular weight excluding hydrogens is 384 g/mol. The fourth-order valence-corrected chi connectivity index (χ4v) is 5.12. The van der Waals surface area contributed by atoms with Crippen molar-refractivity contribution in [2.24, 2.45) is 0 Å². The smallest absolute Gasteiger partial charge is 0.232 e. The first-order chi connectivity index (χ1) is 14.2. The van der Waals surface area contributed by atoms with E-state index in [0.29, 0.717) is 17.5 Å². The molecule has 1 amide bonds. The lowest BCUT2D eigenvalue weighted by molar-refractivity contribution is -0.130. The molecule has 4 rings (SSSR count). The van der Waals surface area contributed by atoms with Gasteiger partial charge in [0, 0.05) is 32.7 Å². The van der Waals surface area contributed by atoms with Crippen LogP contribution in [0.3, 0.4) is 0 Å². The number of nitrogens with zero attached hydrogens (tertiary/aromatic N) is 6. The maximum atomic E-state index is 12.6. The Morgan fingerprint density at radius 1 is 1.17 bits per heavy atom. The van der Waals surface area contributed by atoms with Gasteiger partial charge in [-0.1, -0.05) is 42.7 Å². The van der Waals surface area contributed by atoms with Gasteiger partial charge < -0.3 is 4.90 Å². The average Bonchev–Trinajstić information content (AvgIpc) is 3.40. The standard InChI is InChI=1S/C21H30N6OS/c1-17-5-4-6-18(13-17)14-25-9-11-26(12-10-25)21(28)16-29-15-20-22-23-24-27(20)19-7-2-3-8-19/h4-6,13,19H,2-3,7-12,14-16H2,1H3. The number of rotatable bonds is 7. The number of thioether (sulfide) groups is 1. The van der Waals surface area contributed by atoms with Crippen molar-refractivity contribution in [3.63, 3.8) is 0 Å². The SMILES string of the molecule is Cc1cccc(CN2CCN(C(=O)CSCc3nnnn3C3CCCC3)CC2)c1. The molecule has 1 saturated heterocycles. The molecule has 0 N–H and O–H groups in total. The second-order valence-corrected chi connectivity index (χ2v) is 9.10. The van der Waals surface area contributed by atoms with E-state index in [0.717, 1.165) is 51.4 Å². The summed E-state index contributed by atoms with van der Waals surface area (Å²) >= 11 is 1.62. The van der Waals surface area contributed by atoms with E-state index in [-0.39, 0.29) is 5.91 Å². The van der Waals surface area contributed by atoms with Crippen molar-refractivity contribution in [2.45, 2.75) is 50.9 Å². The molecule has 1 aromatic carbocycles. The molecule has 2 fully saturated rings. The number of piperazine rings is 1. The summed E-state index contributed by atoms with van der Waals surface area (Å²) in [6, 6.07) is 9.11. The minimum Gasteiger partial charge on any atom is -0.339 e. The highest BCUT2D eigenvalue weighted by atomic mass is 32.2. The lowest BCUT2D eigenvalue weighted by Crippen LogP contribution is -2.48. The zero-order valence-electron chi connectivity index (χ0n) is 17.2. The number of carbonyl (C=O) groups excluding carboxylic acids is 1. The molecular formula is C21H30N6OS. The molecule has 0 unspecified atom stereocenters. The van der Waals surface area contributed by atoms with Crippen LogP contribution in [0.2, 0.25) is 0 Å². The minimum absolute atomic E-state index is 0.227. The van der Waals surface area contributed by atoms with Crippen LogP contribution in [0.4, 0.5) is 0 Å². The minimum atomic E-state index is 0.227. The van der Waals surface area contributed by atoms with Crippen molar-refractivity contribution in [1.82, 2.24) is 30.0 Å². The van der Waals surface area contributed by atoms with Gasteiger partial charge in [-0.2, -0.15) is 0 Å². The molecule has 0 radical (unpaired) electrons. The fourth-order valence-electron chi connectivity index (χ4n) is 4.28. The van der Waals surface area contributed by atoms with Crippen molar-refractivity contribution in [3.8, 4) is 0 Å². The summed E-state index contributed by atoms with van der Waals surface area (Å²) in [4.78, 5) is 17.0. The van der Waals surface area contributed by atoms with E-state index in [9.17, 15) is 4.79 Å². The maximum Gasteiger partial charge on any atom is 0.232 e. The Bertz CT molecular complexity index is 811. The number of amides is 1. The third-order valence-corrected chi connectivity index (χ3v) is 6.82. The van der Waals surface area contributed by atoms with Gasteiger partial charge in [-0.3, -0.25) is 9.69 Å². The molecule has 2 aliphatic rings. The highest BCUT2D eigenvalue weighted by Crippen LogP contribution is 2.29. The normalized spacial score (nSPS) is 18.4. The van der Waals surface area contributed by atoms with E-state index < -0.39 is 0 Å². The highest BCUT2D eigenvalue weighted by Gasteiger charge is 2.23. The Kier molecular flexibility index (Phi) is 6.82. The topological polar surface area (TPSA) is 67.2 Å². The Hall–Kier alpha value is -1.93. The van der Waals surface area contributed by atoms with Crippen LogP contribution in [-0.4, -0.2) is 67.8 Å². The van der Waals surface area contributed by atoms with E-state index >= 15 is 0 Å². The van der Waals surface area contributed by atoms with Crippen LogP contribution in [0.1, 0.15) is 48.7 Å². The average molecular weight is 415 g/mol. The van der Waals surface area contributed by atoms with Gasteiger partial charge in [-0.25, -0.2) is 4.68 Å². The summed E-state index contributed by atoms with van der Waals surface area (Å²) in [6.45, 7) is 6.58. The molecule has 7 nitrogen and oxygen atoms in total. The number of hydrogen-bond acceptors (Lipinski definition) is 6. The number of aromatic nitrogens is 4. The zero-order chi connectivity index (χ0) is 20.1. The van der Waals surface area contributed by atoms with Gasteiger partial charge in [0.25, 0.3) is 0 Å². The molecule has 1 saturated carbocycles. The Morgan fingerprint density at radius 3 is 2.72 bits per heavy atom.